The van der Waals surface area contributed by atoms with Crippen LogP contribution in [0, 0.1) is 0 Å². The predicted molar refractivity (Wildman–Crippen MR) is 50.9 cm³/mol. The minimum absolute atomic E-state index is 0.274. The van der Waals surface area contributed by atoms with Gasteiger partial charge in [-0.2, -0.15) is 0 Å². The number of carboxylic acid groups (broad SMARTS) is 1. The van der Waals surface area contributed by atoms with Gasteiger partial charge in [-0.3, -0.25) is 4.79 Å². The maximum Gasteiger partial charge on any atom is 0.340 e. The van der Waals surface area contributed by atoms with Crippen molar-refractivity contribution in [1.82, 2.24) is 4.90 Å². The SMILES string of the molecule is COC(C)C(=O)C(=CN(C)C)C(=O)O. The molecule has 80 valence electrons. The van der Waals surface area contributed by atoms with Gasteiger partial charge in [0, 0.05) is 27.4 Å². The van der Waals surface area contributed by atoms with Crippen LogP contribution >= 0.6 is 0 Å². The number of methoxy groups -OCH3 is 1. The number of ether oxygens (including phenoxy) is 1. The average molecular weight is 201 g/mol. The summed E-state index contributed by atoms with van der Waals surface area (Å²) >= 11 is 0. The van der Waals surface area contributed by atoms with Gasteiger partial charge in [-0.25, -0.2) is 4.79 Å². The lowest BCUT2D eigenvalue weighted by molar-refractivity contribution is -0.136. The van der Waals surface area contributed by atoms with Gasteiger partial charge < -0.3 is 14.7 Å². The molecule has 0 saturated heterocycles. The molecule has 1 unspecified atom stereocenters. The summed E-state index contributed by atoms with van der Waals surface area (Å²) in [6.45, 7) is 1.51. The molecule has 0 rings (SSSR count). The molecule has 0 aromatic carbocycles. The van der Waals surface area contributed by atoms with Gasteiger partial charge in [0.15, 0.2) is 5.78 Å². The van der Waals surface area contributed by atoms with Gasteiger partial charge in [0.25, 0.3) is 0 Å². The van der Waals surface area contributed by atoms with E-state index in [1.807, 2.05) is 0 Å². The van der Waals surface area contributed by atoms with Crippen molar-refractivity contribution in [2.75, 3.05) is 21.2 Å². The van der Waals surface area contributed by atoms with Gasteiger partial charge in [0.2, 0.25) is 0 Å². The summed E-state index contributed by atoms with van der Waals surface area (Å²) < 4.78 is 4.75. The Morgan fingerprint density at radius 1 is 1.43 bits per heavy atom. The minimum Gasteiger partial charge on any atom is -0.478 e. The van der Waals surface area contributed by atoms with Gasteiger partial charge in [0.05, 0.1) is 0 Å². The lowest BCUT2D eigenvalue weighted by Gasteiger charge is -2.11. The average Bonchev–Trinajstić information content (AvgIpc) is 2.11. The molecule has 0 radical (unpaired) electrons. The number of Topliss-reactive ketones (excluding diaryl/α,β-unsaturated/α-hetero) is 1. The van der Waals surface area contributed by atoms with Crippen LogP contribution < -0.4 is 0 Å². The Hall–Kier alpha value is -1.36. The van der Waals surface area contributed by atoms with Gasteiger partial charge in [-0.1, -0.05) is 0 Å². The van der Waals surface area contributed by atoms with Crippen molar-refractivity contribution in [3.8, 4) is 0 Å². The Labute approximate surface area is 83.0 Å². The quantitative estimate of drug-likeness (QED) is 0.389. The molecule has 5 heteroatoms. The van der Waals surface area contributed by atoms with Gasteiger partial charge >= 0.3 is 5.97 Å². The fourth-order valence-electron chi connectivity index (χ4n) is 0.808. The summed E-state index contributed by atoms with van der Waals surface area (Å²) in [5.74, 6) is -1.78. The highest BCUT2D eigenvalue weighted by Gasteiger charge is 2.23. The summed E-state index contributed by atoms with van der Waals surface area (Å²) in [7, 11) is 4.65. The maximum atomic E-state index is 11.5. The third kappa shape index (κ3) is 3.57. The van der Waals surface area contributed by atoms with E-state index in [9.17, 15) is 9.59 Å². The first-order chi connectivity index (χ1) is 6.40. The lowest BCUT2D eigenvalue weighted by Crippen LogP contribution is -2.26. The van der Waals surface area contributed by atoms with Crippen molar-refractivity contribution >= 4 is 11.8 Å². The van der Waals surface area contributed by atoms with Crippen LogP contribution in [0.15, 0.2) is 11.8 Å². The molecule has 0 aliphatic carbocycles. The number of rotatable bonds is 5. The molecule has 0 amide bonds. The van der Waals surface area contributed by atoms with E-state index >= 15 is 0 Å². The zero-order chi connectivity index (χ0) is 11.3. The van der Waals surface area contributed by atoms with Crippen molar-refractivity contribution in [3.63, 3.8) is 0 Å². The number of hydrogen-bond acceptors (Lipinski definition) is 4. The molecule has 0 saturated carbocycles. The number of hydrogen-bond donors (Lipinski definition) is 1. The fourth-order valence-corrected chi connectivity index (χ4v) is 0.808. The normalized spacial score (nSPS) is 13.6. The first kappa shape index (κ1) is 12.6. The van der Waals surface area contributed by atoms with Crippen LogP contribution in [0.1, 0.15) is 6.92 Å². The molecular weight excluding hydrogens is 186 g/mol. The summed E-state index contributed by atoms with van der Waals surface area (Å²) in [6.07, 6.45) is 0.525. The van der Waals surface area contributed by atoms with Gasteiger partial charge in [0.1, 0.15) is 11.7 Å². The van der Waals surface area contributed by atoms with Crippen LogP contribution in [0.5, 0.6) is 0 Å². The molecule has 14 heavy (non-hydrogen) atoms. The Bertz CT molecular complexity index is 258. The van der Waals surface area contributed by atoms with Gasteiger partial charge in [-0.15, -0.1) is 0 Å². The van der Waals surface area contributed by atoms with Crippen LogP contribution in [0.4, 0.5) is 0 Å². The number of carbonyl (C=O) groups is 2. The highest BCUT2D eigenvalue weighted by Crippen LogP contribution is 2.04. The third-order valence-electron chi connectivity index (χ3n) is 1.61. The largest absolute Gasteiger partial charge is 0.478 e. The van der Waals surface area contributed by atoms with Crippen molar-refractivity contribution in [3.05, 3.63) is 11.8 Å². The zero-order valence-electron chi connectivity index (χ0n) is 8.77. The third-order valence-corrected chi connectivity index (χ3v) is 1.61. The molecule has 0 spiro atoms. The van der Waals surface area contributed by atoms with E-state index in [1.54, 1.807) is 14.1 Å². The molecule has 0 aliphatic rings. The maximum absolute atomic E-state index is 11.5. The number of ketones is 1. The highest BCUT2D eigenvalue weighted by molar-refractivity contribution is 6.18. The Morgan fingerprint density at radius 3 is 2.21 bits per heavy atom. The number of carbonyl (C=O) groups excluding carboxylic acids is 1. The van der Waals surface area contributed by atoms with Crippen LogP contribution in [0.2, 0.25) is 0 Å². The molecule has 1 N–H and O–H groups in total. The van der Waals surface area contributed by atoms with E-state index in [-0.39, 0.29) is 5.57 Å². The monoisotopic (exact) mass is 201 g/mol. The zero-order valence-corrected chi connectivity index (χ0v) is 8.77. The molecule has 1 atom stereocenters. The molecular formula is C9H15NO4. The van der Waals surface area contributed by atoms with E-state index in [0.717, 1.165) is 0 Å². The second-order valence-electron chi connectivity index (χ2n) is 3.05. The van der Waals surface area contributed by atoms with Crippen LogP contribution in [-0.4, -0.2) is 49.1 Å². The Balaban J connectivity index is 4.85. The van der Waals surface area contributed by atoms with E-state index in [2.05, 4.69) is 0 Å². The Morgan fingerprint density at radius 2 is 1.93 bits per heavy atom. The van der Waals surface area contributed by atoms with E-state index in [4.69, 9.17) is 9.84 Å². The van der Waals surface area contributed by atoms with E-state index in [1.165, 1.54) is 25.1 Å². The van der Waals surface area contributed by atoms with Gasteiger partial charge in [-0.05, 0) is 6.92 Å². The molecule has 0 aliphatic heterocycles. The second kappa shape index (κ2) is 5.39. The molecule has 0 fully saturated rings. The lowest BCUT2D eigenvalue weighted by atomic mass is 10.1. The van der Waals surface area contributed by atoms with Crippen LogP contribution in [-0.2, 0) is 14.3 Å². The van der Waals surface area contributed by atoms with Crippen LogP contribution in [0.25, 0.3) is 0 Å². The molecule has 0 aromatic rings. The summed E-state index contributed by atoms with van der Waals surface area (Å²) in [6, 6.07) is 0. The van der Waals surface area contributed by atoms with E-state index < -0.39 is 17.9 Å². The molecule has 0 heterocycles. The Kier molecular flexibility index (Phi) is 4.86. The van der Waals surface area contributed by atoms with Crippen molar-refractivity contribution < 1.29 is 19.4 Å². The molecule has 0 aromatic heterocycles. The standard InChI is InChI=1S/C9H15NO4/c1-6(14-4)8(11)7(9(12)13)5-10(2)3/h5-6H,1-4H3,(H,12,13). The summed E-state index contributed by atoms with van der Waals surface area (Å²) in [5.41, 5.74) is -0.274. The van der Waals surface area contributed by atoms with Crippen molar-refractivity contribution in [1.29, 1.82) is 0 Å². The number of carboxylic acids is 1. The fraction of sp³-hybridized carbons (Fsp3) is 0.556. The number of nitrogens with zero attached hydrogens (tertiary/aromatic N) is 1. The summed E-state index contributed by atoms with van der Waals surface area (Å²) in [5, 5.41) is 8.77. The van der Waals surface area contributed by atoms with E-state index in [0.29, 0.717) is 0 Å². The molecule has 5 nitrogen and oxygen atoms in total. The summed E-state index contributed by atoms with van der Waals surface area (Å²) in [4.78, 5) is 23.7. The first-order valence-electron chi connectivity index (χ1n) is 4.08. The number of aliphatic carboxylic acids is 1. The smallest absolute Gasteiger partial charge is 0.340 e. The van der Waals surface area contributed by atoms with Crippen molar-refractivity contribution in [2.24, 2.45) is 0 Å². The predicted octanol–water partition coefficient (Wildman–Crippen LogP) is 0.120. The van der Waals surface area contributed by atoms with Crippen molar-refractivity contribution in [2.45, 2.75) is 13.0 Å². The first-order valence-corrected chi connectivity index (χ1v) is 4.08. The van der Waals surface area contributed by atoms with Crippen LogP contribution in [0.3, 0.4) is 0 Å². The topological polar surface area (TPSA) is 66.8 Å². The molecule has 0 bridgehead atoms. The highest BCUT2D eigenvalue weighted by atomic mass is 16.5. The second-order valence-corrected chi connectivity index (χ2v) is 3.05. The minimum atomic E-state index is -1.24.